The van der Waals surface area contributed by atoms with Gasteiger partial charge in [0.15, 0.2) is 0 Å². The number of methoxy groups -OCH3 is 1. The molecule has 2 rings (SSSR count). The van der Waals surface area contributed by atoms with Gasteiger partial charge in [-0.3, -0.25) is 4.79 Å². The van der Waals surface area contributed by atoms with Gasteiger partial charge in [-0.15, -0.1) is 0 Å². The van der Waals surface area contributed by atoms with Crippen molar-refractivity contribution in [2.45, 2.75) is 25.4 Å². The maximum absolute atomic E-state index is 13.2. The minimum atomic E-state index is -0.815. The predicted octanol–water partition coefficient (Wildman–Crippen LogP) is 1.84. The number of carbonyl (C=O) groups is 1. The molecule has 4 nitrogen and oxygen atoms in total. The number of hydrogen-bond acceptors (Lipinski definition) is 3. The Labute approximate surface area is 112 Å². The largest absolute Gasteiger partial charge is 0.368 e. The fourth-order valence-electron chi connectivity index (χ4n) is 2.32. The molecule has 1 fully saturated rings. The summed E-state index contributed by atoms with van der Waals surface area (Å²) in [7, 11) is 1.54. The number of amides is 1. The van der Waals surface area contributed by atoms with Crippen LogP contribution < -0.4 is 10.6 Å². The molecule has 2 N–H and O–H groups in total. The number of hydrogen-bond donors (Lipinski definition) is 2. The quantitative estimate of drug-likeness (QED) is 0.877. The van der Waals surface area contributed by atoms with Crippen LogP contribution in [0.2, 0.25) is 0 Å². The molecule has 1 heterocycles. The van der Waals surface area contributed by atoms with E-state index in [1.165, 1.54) is 12.1 Å². The van der Waals surface area contributed by atoms with E-state index in [0.717, 1.165) is 18.7 Å². The molecule has 0 bridgehead atoms. The number of rotatable bonds is 3. The van der Waals surface area contributed by atoms with Crippen LogP contribution in [-0.4, -0.2) is 31.7 Å². The average Bonchev–Trinajstić information content (AvgIpc) is 2.43. The first-order valence-corrected chi connectivity index (χ1v) is 6.41. The Morgan fingerprint density at radius 3 is 2.74 bits per heavy atom. The summed E-state index contributed by atoms with van der Waals surface area (Å²) in [6.45, 7) is 3.31. The molecule has 0 spiro atoms. The zero-order valence-corrected chi connectivity index (χ0v) is 11.3. The summed E-state index contributed by atoms with van der Waals surface area (Å²) in [6, 6.07) is 4.35. The van der Waals surface area contributed by atoms with E-state index in [9.17, 15) is 9.18 Å². The Bertz CT molecular complexity index is 471. The van der Waals surface area contributed by atoms with Crippen LogP contribution >= 0.6 is 0 Å². The molecule has 0 atom stereocenters. The van der Waals surface area contributed by atoms with Crippen LogP contribution in [0.25, 0.3) is 0 Å². The lowest BCUT2D eigenvalue weighted by molar-refractivity contribution is -0.140. The van der Waals surface area contributed by atoms with E-state index >= 15 is 0 Å². The SMILES string of the molecule is COC1(C(=O)Nc2cc(F)ccc2C)CCNCC1. The number of aryl methyl sites for hydroxylation is 1. The van der Waals surface area contributed by atoms with Crippen LogP contribution in [0.4, 0.5) is 10.1 Å². The van der Waals surface area contributed by atoms with Gasteiger partial charge in [0.05, 0.1) is 0 Å². The van der Waals surface area contributed by atoms with Gasteiger partial charge >= 0.3 is 0 Å². The van der Waals surface area contributed by atoms with Crippen molar-refractivity contribution in [3.05, 3.63) is 29.6 Å². The fourth-order valence-corrected chi connectivity index (χ4v) is 2.32. The molecule has 0 saturated carbocycles. The van der Waals surface area contributed by atoms with Gasteiger partial charge in [0.2, 0.25) is 0 Å². The van der Waals surface area contributed by atoms with Crippen molar-refractivity contribution in [1.29, 1.82) is 0 Å². The van der Waals surface area contributed by atoms with Gasteiger partial charge in [-0.1, -0.05) is 6.07 Å². The molecule has 1 aliphatic rings. The summed E-state index contributed by atoms with van der Waals surface area (Å²) in [5.74, 6) is -0.567. The number of ether oxygens (including phenoxy) is 1. The van der Waals surface area contributed by atoms with E-state index in [2.05, 4.69) is 10.6 Å². The molecule has 1 saturated heterocycles. The fraction of sp³-hybridized carbons (Fsp3) is 0.500. The van der Waals surface area contributed by atoms with Crippen LogP contribution in [0.1, 0.15) is 18.4 Å². The van der Waals surface area contributed by atoms with Gasteiger partial charge in [0, 0.05) is 12.8 Å². The highest BCUT2D eigenvalue weighted by molar-refractivity contribution is 5.98. The molecular weight excluding hydrogens is 247 g/mol. The van der Waals surface area contributed by atoms with Gasteiger partial charge in [-0.05, 0) is 50.6 Å². The minimum Gasteiger partial charge on any atom is -0.368 e. The molecule has 5 heteroatoms. The van der Waals surface area contributed by atoms with Crippen molar-refractivity contribution in [2.75, 3.05) is 25.5 Å². The third-order valence-corrected chi connectivity index (χ3v) is 3.66. The van der Waals surface area contributed by atoms with Crippen molar-refractivity contribution < 1.29 is 13.9 Å². The Morgan fingerprint density at radius 2 is 2.11 bits per heavy atom. The summed E-state index contributed by atoms with van der Waals surface area (Å²) >= 11 is 0. The van der Waals surface area contributed by atoms with E-state index in [0.29, 0.717) is 18.5 Å². The second-order valence-electron chi connectivity index (χ2n) is 4.86. The number of halogens is 1. The average molecular weight is 266 g/mol. The second kappa shape index (κ2) is 5.67. The molecule has 1 aromatic carbocycles. The zero-order valence-electron chi connectivity index (χ0n) is 11.3. The number of nitrogens with one attached hydrogen (secondary N) is 2. The third-order valence-electron chi connectivity index (χ3n) is 3.66. The van der Waals surface area contributed by atoms with Crippen molar-refractivity contribution in [2.24, 2.45) is 0 Å². The lowest BCUT2D eigenvalue weighted by atomic mass is 9.91. The van der Waals surface area contributed by atoms with E-state index in [1.807, 2.05) is 6.92 Å². The lowest BCUT2D eigenvalue weighted by Crippen LogP contribution is -2.51. The van der Waals surface area contributed by atoms with Crippen LogP contribution in [-0.2, 0) is 9.53 Å². The molecular formula is C14H19FN2O2. The van der Waals surface area contributed by atoms with Gasteiger partial charge in [0.1, 0.15) is 11.4 Å². The molecule has 104 valence electrons. The lowest BCUT2D eigenvalue weighted by Gasteiger charge is -2.34. The van der Waals surface area contributed by atoms with Crippen molar-refractivity contribution in [1.82, 2.24) is 5.32 Å². The second-order valence-corrected chi connectivity index (χ2v) is 4.86. The molecule has 0 aromatic heterocycles. The molecule has 0 unspecified atom stereocenters. The first-order valence-electron chi connectivity index (χ1n) is 6.41. The summed E-state index contributed by atoms with van der Waals surface area (Å²) in [6.07, 6.45) is 1.23. The smallest absolute Gasteiger partial charge is 0.256 e. The van der Waals surface area contributed by atoms with Crippen LogP contribution in [0.3, 0.4) is 0 Å². The van der Waals surface area contributed by atoms with Gasteiger partial charge in [-0.25, -0.2) is 4.39 Å². The molecule has 1 aromatic rings. The van der Waals surface area contributed by atoms with E-state index in [1.54, 1.807) is 13.2 Å². The highest BCUT2D eigenvalue weighted by atomic mass is 19.1. The Kier molecular flexibility index (Phi) is 4.17. The number of carbonyl (C=O) groups excluding carboxylic acids is 1. The van der Waals surface area contributed by atoms with Crippen molar-refractivity contribution in [3.8, 4) is 0 Å². The number of benzene rings is 1. The Hall–Kier alpha value is -1.46. The monoisotopic (exact) mass is 266 g/mol. The highest BCUT2D eigenvalue weighted by Gasteiger charge is 2.39. The van der Waals surface area contributed by atoms with Crippen LogP contribution in [0.15, 0.2) is 18.2 Å². The summed E-state index contributed by atoms with van der Waals surface area (Å²) in [5.41, 5.74) is 0.513. The summed E-state index contributed by atoms with van der Waals surface area (Å²) < 4.78 is 18.7. The normalized spacial score (nSPS) is 18.1. The molecule has 0 radical (unpaired) electrons. The standard InChI is InChI=1S/C14H19FN2O2/c1-10-3-4-11(15)9-12(10)17-13(18)14(19-2)5-7-16-8-6-14/h3-4,9,16H,5-8H2,1-2H3,(H,17,18). The first-order chi connectivity index (χ1) is 9.07. The van der Waals surface area contributed by atoms with E-state index in [-0.39, 0.29) is 11.7 Å². The minimum absolute atomic E-state index is 0.204. The maximum atomic E-state index is 13.2. The summed E-state index contributed by atoms with van der Waals surface area (Å²) in [5, 5.41) is 5.97. The third kappa shape index (κ3) is 2.93. The topological polar surface area (TPSA) is 50.4 Å². The van der Waals surface area contributed by atoms with Crippen molar-refractivity contribution in [3.63, 3.8) is 0 Å². The van der Waals surface area contributed by atoms with Crippen LogP contribution in [0.5, 0.6) is 0 Å². The summed E-state index contributed by atoms with van der Waals surface area (Å²) in [4.78, 5) is 12.4. The van der Waals surface area contributed by atoms with Crippen LogP contribution in [0, 0.1) is 12.7 Å². The Morgan fingerprint density at radius 1 is 1.42 bits per heavy atom. The molecule has 1 aliphatic heterocycles. The first kappa shape index (κ1) is 14.0. The predicted molar refractivity (Wildman–Crippen MR) is 71.6 cm³/mol. The van der Waals surface area contributed by atoms with E-state index < -0.39 is 5.60 Å². The zero-order chi connectivity index (χ0) is 13.9. The Balaban J connectivity index is 2.17. The number of anilines is 1. The van der Waals surface area contributed by atoms with Gasteiger partial charge in [0.25, 0.3) is 5.91 Å². The molecule has 0 aliphatic carbocycles. The number of piperidine rings is 1. The van der Waals surface area contributed by atoms with Crippen molar-refractivity contribution >= 4 is 11.6 Å². The van der Waals surface area contributed by atoms with Gasteiger partial charge < -0.3 is 15.4 Å². The highest BCUT2D eigenvalue weighted by Crippen LogP contribution is 2.25. The van der Waals surface area contributed by atoms with Gasteiger partial charge in [-0.2, -0.15) is 0 Å². The maximum Gasteiger partial charge on any atom is 0.256 e. The van der Waals surface area contributed by atoms with E-state index in [4.69, 9.17) is 4.74 Å². The molecule has 1 amide bonds. The molecule has 19 heavy (non-hydrogen) atoms.